The van der Waals surface area contributed by atoms with Crippen LogP contribution < -0.4 is 15.0 Å². The molecule has 2 aliphatic heterocycles. The number of methoxy groups -OCH3 is 1. The van der Waals surface area contributed by atoms with Crippen molar-refractivity contribution in [1.29, 1.82) is 5.26 Å². The van der Waals surface area contributed by atoms with Gasteiger partial charge in [0.15, 0.2) is 5.78 Å². The second kappa shape index (κ2) is 9.27. The van der Waals surface area contributed by atoms with Crippen molar-refractivity contribution >= 4 is 29.0 Å². The summed E-state index contributed by atoms with van der Waals surface area (Å²) in [6.45, 7) is 2.17. The van der Waals surface area contributed by atoms with Crippen LogP contribution in [-0.2, 0) is 9.59 Å². The quantitative estimate of drug-likeness (QED) is 0.704. The highest BCUT2D eigenvalue weighted by Crippen LogP contribution is 2.47. The number of amides is 1. The lowest BCUT2D eigenvalue weighted by Gasteiger charge is -2.40. The predicted molar refractivity (Wildman–Crippen MR) is 133 cm³/mol. The molecule has 2 aromatic rings. The number of nitrogens with zero attached hydrogens (tertiary/aromatic N) is 3. The largest absolute Gasteiger partial charge is 0.495 e. The van der Waals surface area contributed by atoms with Gasteiger partial charge in [0.1, 0.15) is 11.8 Å². The second-order valence-corrected chi connectivity index (χ2v) is 9.59. The van der Waals surface area contributed by atoms with E-state index in [1.165, 1.54) is 0 Å². The van der Waals surface area contributed by atoms with Crippen LogP contribution in [0.2, 0.25) is 5.02 Å². The average Bonchev–Trinajstić information content (AvgIpc) is 3.25. The van der Waals surface area contributed by atoms with Crippen molar-refractivity contribution in [2.45, 2.75) is 30.7 Å². The molecule has 35 heavy (non-hydrogen) atoms. The van der Waals surface area contributed by atoms with Crippen molar-refractivity contribution in [2.75, 3.05) is 38.2 Å². The number of hydrogen-bond acceptors (Lipinski definition) is 6. The summed E-state index contributed by atoms with van der Waals surface area (Å²) in [7, 11) is 1.65. The average molecular weight is 491 g/mol. The van der Waals surface area contributed by atoms with Crippen molar-refractivity contribution in [3.05, 3.63) is 70.4 Å². The number of ketones is 1. The number of carbonyl (C=O) groups excluding carboxylic acids is 2. The molecule has 1 fully saturated rings. The molecule has 0 aromatic heterocycles. The molecular weight excluding hydrogens is 464 g/mol. The van der Waals surface area contributed by atoms with Crippen molar-refractivity contribution in [2.24, 2.45) is 0 Å². The number of anilines is 1. The lowest BCUT2D eigenvalue weighted by molar-refractivity contribution is -0.136. The summed E-state index contributed by atoms with van der Waals surface area (Å²) < 4.78 is 5.50. The van der Waals surface area contributed by atoms with Gasteiger partial charge in [0.2, 0.25) is 5.54 Å². The van der Waals surface area contributed by atoms with Crippen LogP contribution in [0.5, 0.6) is 5.75 Å². The van der Waals surface area contributed by atoms with Crippen LogP contribution in [-0.4, -0.2) is 55.4 Å². The number of para-hydroxylation sites is 2. The molecule has 1 aliphatic carbocycles. The minimum absolute atomic E-state index is 0.00427. The zero-order valence-corrected chi connectivity index (χ0v) is 20.3. The third-order valence-electron chi connectivity index (χ3n) is 7.24. The van der Waals surface area contributed by atoms with E-state index in [-0.39, 0.29) is 11.7 Å². The first-order chi connectivity index (χ1) is 17.0. The Morgan fingerprint density at radius 3 is 2.51 bits per heavy atom. The fraction of sp³-hybridized carbons (Fsp3) is 0.370. The molecule has 2 heterocycles. The topological polar surface area (TPSA) is 85.7 Å². The summed E-state index contributed by atoms with van der Waals surface area (Å²) >= 11 is 6.11. The Morgan fingerprint density at radius 2 is 1.83 bits per heavy atom. The maximum Gasteiger partial charge on any atom is 0.264 e. The summed E-state index contributed by atoms with van der Waals surface area (Å²) in [5.74, 6) is -0.171. The van der Waals surface area contributed by atoms with E-state index in [4.69, 9.17) is 16.3 Å². The Balaban J connectivity index is 1.44. The molecule has 1 amide bonds. The molecule has 1 N–H and O–H groups in total. The highest BCUT2D eigenvalue weighted by molar-refractivity contribution is 6.30. The molecule has 2 unspecified atom stereocenters. The molecule has 0 saturated carbocycles. The highest BCUT2D eigenvalue weighted by Gasteiger charge is 2.57. The van der Waals surface area contributed by atoms with Crippen molar-refractivity contribution in [3.63, 3.8) is 0 Å². The molecular formula is C27H27ClN4O3. The number of allylic oxidation sites excluding steroid dienone is 1. The Bertz CT molecular complexity index is 1230. The van der Waals surface area contributed by atoms with Gasteiger partial charge < -0.3 is 19.9 Å². The Kier molecular flexibility index (Phi) is 6.16. The van der Waals surface area contributed by atoms with Crippen LogP contribution in [0, 0.1) is 11.3 Å². The molecule has 2 atom stereocenters. The van der Waals surface area contributed by atoms with Gasteiger partial charge >= 0.3 is 0 Å². The van der Waals surface area contributed by atoms with E-state index < -0.39 is 11.5 Å². The van der Waals surface area contributed by atoms with Gasteiger partial charge in [0.05, 0.1) is 18.7 Å². The van der Waals surface area contributed by atoms with E-state index in [0.717, 1.165) is 22.7 Å². The Labute approximate surface area is 209 Å². The van der Waals surface area contributed by atoms with E-state index in [0.29, 0.717) is 56.0 Å². The summed E-state index contributed by atoms with van der Waals surface area (Å²) in [6, 6.07) is 17.2. The smallest absolute Gasteiger partial charge is 0.264 e. The van der Waals surface area contributed by atoms with Gasteiger partial charge in [-0.1, -0.05) is 35.9 Å². The third-order valence-corrected chi connectivity index (χ3v) is 7.49. The van der Waals surface area contributed by atoms with Gasteiger partial charge in [-0.15, -0.1) is 0 Å². The van der Waals surface area contributed by atoms with Gasteiger partial charge in [0, 0.05) is 48.9 Å². The number of carbonyl (C=O) groups is 2. The number of hydrogen-bond donors (Lipinski definition) is 1. The molecule has 3 aliphatic rings. The van der Waals surface area contributed by atoms with Crippen LogP contribution >= 0.6 is 11.6 Å². The first kappa shape index (κ1) is 23.3. The van der Waals surface area contributed by atoms with E-state index in [1.54, 1.807) is 24.1 Å². The molecule has 0 spiro atoms. The first-order valence-corrected chi connectivity index (χ1v) is 12.2. The number of rotatable bonds is 4. The van der Waals surface area contributed by atoms with Crippen molar-refractivity contribution in [3.8, 4) is 11.8 Å². The molecule has 0 radical (unpaired) electrons. The standard InChI is InChI=1S/C27H27ClN4O3/c1-35-23-8-3-2-6-21(23)31-13-15-32(16-14-31)26(34)27(17-29)25(18-9-11-19(28)12-10-18)24-20(30-27)5-4-7-22(24)33/h2-3,6,8-12,25,30H,4-5,7,13-16H2,1H3. The maximum atomic E-state index is 14.1. The van der Waals surface area contributed by atoms with Crippen molar-refractivity contribution < 1.29 is 14.3 Å². The lowest BCUT2D eigenvalue weighted by Crippen LogP contribution is -2.61. The fourth-order valence-electron chi connectivity index (χ4n) is 5.54. The van der Waals surface area contributed by atoms with Gasteiger partial charge in [-0.3, -0.25) is 9.59 Å². The van der Waals surface area contributed by atoms with Crippen LogP contribution in [0.25, 0.3) is 0 Å². The Hall–Kier alpha value is -3.50. The fourth-order valence-corrected chi connectivity index (χ4v) is 5.66. The lowest BCUT2D eigenvalue weighted by atomic mass is 9.74. The van der Waals surface area contributed by atoms with Gasteiger partial charge in [-0.2, -0.15) is 5.26 Å². The summed E-state index contributed by atoms with van der Waals surface area (Å²) in [5, 5.41) is 14.3. The number of piperazine rings is 1. The number of nitrogens with one attached hydrogen (secondary N) is 1. The molecule has 2 aromatic carbocycles. The molecule has 0 bridgehead atoms. The first-order valence-electron chi connectivity index (χ1n) is 11.9. The van der Waals surface area contributed by atoms with Gasteiger partial charge in [-0.05, 0) is 42.7 Å². The maximum absolute atomic E-state index is 14.1. The summed E-state index contributed by atoms with van der Waals surface area (Å²) in [5.41, 5.74) is 1.46. The number of benzene rings is 2. The SMILES string of the molecule is COc1ccccc1N1CCN(C(=O)C2(C#N)NC3=C(C(=O)CCC3)C2c2ccc(Cl)cc2)CC1. The van der Waals surface area contributed by atoms with Crippen LogP contribution in [0.3, 0.4) is 0 Å². The minimum atomic E-state index is -1.56. The zero-order chi connectivity index (χ0) is 24.6. The van der Waals surface area contributed by atoms with Gasteiger partial charge in [0.25, 0.3) is 5.91 Å². The number of nitriles is 1. The van der Waals surface area contributed by atoms with Crippen LogP contribution in [0.1, 0.15) is 30.7 Å². The zero-order valence-electron chi connectivity index (χ0n) is 19.6. The van der Waals surface area contributed by atoms with E-state index in [9.17, 15) is 14.9 Å². The minimum Gasteiger partial charge on any atom is -0.495 e. The van der Waals surface area contributed by atoms with Crippen LogP contribution in [0.15, 0.2) is 59.8 Å². The number of ether oxygens (including phenoxy) is 1. The summed E-state index contributed by atoms with van der Waals surface area (Å²) in [6.07, 6.45) is 1.80. The number of Topliss-reactive ketones (excluding diaryl/α,β-unsaturated/α-hetero) is 1. The normalized spacial score (nSPS) is 24.0. The second-order valence-electron chi connectivity index (χ2n) is 9.15. The molecule has 5 rings (SSSR count). The molecule has 7 nitrogen and oxygen atoms in total. The van der Waals surface area contributed by atoms with E-state index in [1.807, 2.05) is 36.4 Å². The molecule has 180 valence electrons. The number of halogens is 1. The Morgan fingerprint density at radius 1 is 1.11 bits per heavy atom. The monoisotopic (exact) mass is 490 g/mol. The van der Waals surface area contributed by atoms with Crippen LogP contribution in [0.4, 0.5) is 5.69 Å². The molecule has 1 saturated heterocycles. The van der Waals surface area contributed by atoms with E-state index >= 15 is 0 Å². The van der Waals surface area contributed by atoms with Gasteiger partial charge in [-0.25, -0.2) is 0 Å². The van der Waals surface area contributed by atoms with Crippen molar-refractivity contribution in [1.82, 2.24) is 10.2 Å². The third kappa shape index (κ3) is 3.92. The predicted octanol–water partition coefficient (Wildman–Crippen LogP) is 3.65. The highest BCUT2D eigenvalue weighted by atomic mass is 35.5. The van der Waals surface area contributed by atoms with E-state index in [2.05, 4.69) is 16.3 Å². The summed E-state index contributed by atoms with van der Waals surface area (Å²) in [4.78, 5) is 31.0. The molecule has 8 heteroatoms.